The Bertz CT molecular complexity index is 599. The first kappa shape index (κ1) is 13.2. The number of rotatable bonds is 3. The van der Waals surface area contributed by atoms with Crippen LogP contribution in [0.5, 0.6) is 5.75 Å². The van der Waals surface area contributed by atoms with Crippen LogP contribution in [-0.4, -0.2) is 18.0 Å². The van der Waals surface area contributed by atoms with Crippen molar-refractivity contribution in [3.63, 3.8) is 0 Å². The van der Waals surface area contributed by atoms with Crippen molar-refractivity contribution in [3.8, 4) is 5.75 Å². The lowest BCUT2D eigenvalue weighted by Crippen LogP contribution is -2.12. The quantitative estimate of drug-likeness (QED) is 0.904. The monoisotopic (exact) mass is 277 g/mol. The smallest absolute Gasteiger partial charge is 0.257 e. The van der Waals surface area contributed by atoms with Crippen molar-refractivity contribution < 1.29 is 9.53 Å². The molecule has 0 saturated heterocycles. The largest absolute Gasteiger partial charge is 0.497 e. The minimum absolute atomic E-state index is 0.197. The predicted octanol–water partition coefficient (Wildman–Crippen LogP) is 2.58. The molecule has 0 spiro atoms. The van der Waals surface area contributed by atoms with Crippen molar-refractivity contribution in [2.75, 3.05) is 18.2 Å². The summed E-state index contributed by atoms with van der Waals surface area (Å²) in [5.41, 5.74) is 6.48. The molecule has 1 aromatic heterocycles. The standard InChI is InChI=1S/C13H12ClN3O2/c1-19-10-4-2-9(3-5-10)17-13(18)8-6-11(14)12(15)16-7-8/h2-7H,1H3,(H2,15,16)(H,17,18). The van der Waals surface area contributed by atoms with Crippen LogP contribution in [0.1, 0.15) is 10.4 Å². The second-order valence-electron chi connectivity index (χ2n) is 3.77. The van der Waals surface area contributed by atoms with E-state index in [0.717, 1.165) is 5.75 Å². The van der Waals surface area contributed by atoms with Crippen LogP contribution in [-0.2, 0) is 0 Å². The number of methoxy groups -OCH3 is 1. The maximum Gasteiger partial charge on any atom is 0.257 e. The SMILES string of the molecule is COc1ccc(NC(=O)c2cnc(N)c(Cl)c2)cc1. The third-order valence-corrected chi connectivity index (χ3v) is 2.78. The molecular formula is C13H12ClN3O2. The number of halogens is 1. The number of anilines is 2. The van der Waals surface area contributed by atoms with Crippen LogP contribution >= 0.6 is 11.6 Å². The molecule has 0 aliphatic rings. The number of benzene rings is 1. The molecule has 1 aromatic carbocycles. The molecule has 5 nitrogen and oxygen atoms in total. The van der Waals surface area contributed by atoms with E-state index in [-0.39, 0.29) is 16.7 Å². The number of ether oxygens (including phenoxy) is 1. The minimum atomic E-state index is -0.306. The fourth-order valence-electron chi connectivity index (χ4n) is 1.45. The summed E-state index contributed by atoms with van der Waals surface area (Å²) in [4.78, 5) is 15.8. The number of nitrogens with one attached hydrogen (secondary N) is 1. The summed E-state index contributed by atoms with van der Waals surface area (Å²) in [6, 6.07) is 8.46. The summed E-state index contributed by atoms with van der Waals surface area (Å²) in [5.74, 6) is 0.609. The second kappa shape index (κ2) is 5.58. The van der Waals surface area contributed by atoms with E-state index in [0.29, 0.717) is 11.3 Å². The molecule has 0 aliphatic carbocycles. The van der Waals surface area contributed by atoms with E-state index in [9.17, 15) is 4.79 Å². The zero-order valence-corrected chi connectivity index (χ0v) is 10.9. The van der Waals surface area contributed by atoms with E-state index in [2.05, 4.69) is 10.3 Å². The van der Waals surface area contributed by atoms with Gasteiger partial charge in [0.05, 0.1) is 17.7 Å². The van der Waals surface area contributed by atoms with Crippen LogP contribution in [0.3, 0.4) is 0 Å². The van der Waals surface area contributed by atoms with Crippen molar-refractivity contribution in [3.05, 3.63) is 47.1 Å². The van der Waals surface area contributed by atoms with Gasteiger partial charge in [-0.05, 0) is 30.3 Å². The van der Waals surface area contributed by atoms with Crippen molar-refractivity contribution in [1.82, 2.24) is 4.98 Å². The predicted molar refractivity (Wildman–Crippen MR) is 74.6 cm³/mol. The Morgan fingerprint density at radius 3 is 2.63 bits per heavy atom. The number of amides is 1. The third-order valence-electron chi connectivity index (χ3n) is 2.48. The highest BCUT2D eigenvalue weighted by Gasteiger charge is 2.09. The number of nitrogens with two attached hydrogens (primary N) is 1. The zero-order valence-electron chi connectivity index (χ0n) is 10.2. The maximum absolute atomic E-state index is 12.0. The Kier molecular flexibility index (Phi) is 3.87. The topological polar surface area (TPSA) is 77.2 Å². The Balaban J connectivity index is 2.13. The molecule has 2 aromatic rings. The summed E-state index contributed by atoms with van der Waals surface area (Å²) >= 11 is 5.82. The van der Waals surface area contributed by atoms with Gasteiger partial charge in [0.15, 0.2) is 0 Å². The van der Waals surface area contributed by atoms with Gasteiger partial charge in [0.2, 0.25) is 0 Å². The molecule has 0 unspecified atom stereocenters. The van der Waals surface area contributed by atoms with E-state index >= 15 is 0 Å². The number of hydrogen-bond donors (Lipinski definition) is 2. The number of pyridine rings is 1. The number of carbonyl (C=O) groups excluding carboxylic acids is 1. The normalized spacial score (nSPS) is 10.0. The Morgan fingerprint density at radius 2 is 2.05 bits per heavy atom. The lowest BCUT2D eigenvalue weighted by Gasteiger charge is -2.07. The Hall–Kier alpha value is -2.27. The van der Waals surface area contributed by atoms with Crippen LogP contribution in [0.15, 0.2) is 36.5 Å². The fourth-order valence-corrected chi connectivity index (χ4v) is 1.62. The summed E-state index contributed by atoms with van der Waals surface area (Å²) in [6.45, 7) is 0. The van der Waals surface area contributed by atoms with Gasteiger partial charge < -0.3 is 15.8 Å². The average Bonchev–Trinajstić information content (AvgIpc) is 2.42. The molecular weight excluding hydrogens is 266 g/mol. The molecule has 0 atom stereocenters. The lowest BCUT2D eigenvalue weighted by molar-refractivity contribution is 0.102. The van der Waals surface area contributed by atoms with E-state index in [1.54, 1.807) is 31.4 Å². The van der Waals surface area contributed by atoms with Gasteiger partial charge in [-0.1, -0.05) is 11.6 Å². The maximum atomic E-state index is 12.0. The second-order valence-corrected chi connectivity index (χ2v) is 4.18. The van der Waals surface area contributed by atoms with E-state index in [1.165, 1.54) is 12.3 Å². The summed E-state index contributed by atoms with van der Waals surface area (Å²) < 4.78 is 5.03. The first-order valence-electron chi connectivity index (χ1n) is 5.46. The van der Waals surface area contributed by atoms with Gasteiger partial charge in [-0.25, -0.2) is 4.98 Å². The highest BCUT2D eigenvalue weighted by molar-refractivity contribution is 6.33. The molecule has 1 heterocycles. The van der Waals surface area contributed by atoms with Gasteiger partial charge >= 0.3 is 0 Å². The van der Waals surface area contributed by atoms with Crippen molar-refractivity contribution in [1.29, 1.82) is 0 Å². The van der Waals surface area contributed by atoms with Gasteiger partial charge in [0.1, 0.15) is 11.6 Å². The third kappa shape index (κ3) is 3.14. The van der Waals surface area contributed by atoms with Gasteiger partial charge in [0, 0.05) is 11.9 Å². The number of hydrogen-bond acceptors (Lipinski definition) is 4. The molecule has 0 fully saturated rings. The molecule has 19 heavy (non-hydrogen) atoms. The van der Waals surface area contributed by atoms with Crippen molar-refractivity contribution >= 4 is 29.0 Å². The van der Waals surface area contributed by atoms with Crippen molar-refractivity contribution in [2.24, 2.45) is 0 Å². The van der Waals surface area contributed by atoms with E-state index < -0.39 is 0 Å². The van der Waals surface area contributed by atoms with Crippen molar-refractivity contribution in [2.45, 2.75) is 0 Å². The molecule has 2 rings (SSSR count). The number of carbonyl (C=O) groups is 1. The van der Waals surface area contributed by atoms with Gasteiger partial charge in [-0.2, -0.15) is 0 Å². The average molecular weight is 278 g/mol. The minimum Gasteiger partial charge on any atom is -0.497 e. The number of aromatic nitrogens is 1. The highest BCUT2D eigenvalue weighted by Crippen LogP contribution is 2.19. The van der Waals surface area contributed by atoms with Crippen LogP contribution in [0.25, 0.3) is 0 Å². The molecule has 98 valence electrons. The molecule has 1 amide bonds. The fraction of sp³-hybridized carbons (Fsp3) is 0.0769. The van der Waals surface area contributed by atoms with Gasteiger partial charge in [0.25, 0.3) is 5.91 Å². The Morgan fingerprint density at radius 1 is 1.37 bits per heavy atom. The Labute approximate surface area is 115 Å². The molecule has 0 aliphatic heterocycles. The first-order chi connectivity index (χ1) is 9.10. The van der Waals surface area contributed by atoms with E-state index in [1.807, 2.05) is 0 Å². The lowest BCUT2D eigenvalue weighted by atomic mass is 10.2. The van der Waals surface area contributed by atoms with E-state index in [4.69, 9.17) is 22.1 Å². The van der Waals surface area contributed by atoms with Crippen LogP contribution in [0.4, 0.5) is 11.5 Å². The van der Waals surface area contributed by atoms with Crippen LogP contribution in [0, 0.1) is 0 Å². The first-order valence-corrected chi connectivity index (χ1v) is 5.84. The zero-order chi connectivity index (χ0) is 13.8. The van der Waals surface area contributed by atoms with Gasteiger partial charge in [-0.15, -0.1) is 0 Å². The highest BCUT2D eigenvalue weighted by atomic mass is 35.5. The molecule has 0 radical (unpaired) electrons. The van der Waals surface area contributed by atoms with Crippen LogP contribution < -0.4 is 15.8 Å². The molecule has 3 N–H and O–H groups in total. The molecule has 0 saturated carbocycles. The van der Waals surface area contributed by atoms with Crippen LogP contribution in [0.2, 0.25) is 5.02 Å². The summed E-state index contributed by atoms with van der Waals surface area (Å²) in [6.07, 6.45) is 1.38. The van der Waals surface area contributed by atoms with Gasteiger partial charge in [-0.3, -0.25) is 4.79 Å². The molecule has 0 bridgehead atoms. The number of nitrogens with zero attached hydrogens (tertiary/aromatic N) is 1. The summed E-state index contributed by atoms with van der Waals surface area (Å²) in [7, 11) is 1.58. The number of nitrogen functional groups attached to an aromatic ring is 1. The summed E-state index contributed by atoms with van der Waals surface area (Å²) in [5, 5.41) is 2.97. The molecule has 6 heteroatoms.